The number of benzene rings is 2. The SMILES string of the molecule is Cc1ccc(CC(=O)c2cc(F)c(C)cc2F)cc1. The minimum atomic E-state index is -0.670. The van der Waals surface area contributed by atoms with Crippen LogP contribution in [0.3, 0.4) is 0 Å². The standard InChI is InChI=1S/C16H14F2O/c1-10-3-5-12(6-4-10)8-16(19)13-9-14(17)11(2)7-15(13)18/h3-7,9H,8H2,1-2H3. The normalized spacial score (nSPS) is 10.5. The Morgan fingerprint density at radius 3 is 2.26 bits per heavy atom. The first kappa shape index (κ1) is 13.4. The van der Waals surface area contributed by atoms with Crippen molar-refractivity contribution in [3.8, 4) is 0 Å². The second-order valence-corrected chi connectivity index (χ2v) is 4.67. The molecule has 0 aliphatic rings. The van der Waals surface area contributed by atoms with Crippen molar-refractivity contribution in [3.63, 3.8) is 0 Å². The van der Waals surface area contributed by atoms with Crippen molar-refractivity contribution in [2.75, 3.05) is 0 Å². The molecule has 0 saturated carbocycles. The average Bonchev–Trinajstić information content (AvgIpc) is 2.36. The van der Waals surface area contributed by atoms with Crippen molar-refractivity contribution in [2.45, 2.75) is 20.3 Å². The molecule has 19 heavy (non-hydrogen) atoms. The van der Waals surface area contributed by atoms with Gasteiger partial charge in [-0.1, -0.05) is 29.8 Å². The van der Waals surface area contributed by atoms with Crippen molar-refractivity contribution in [3.05, 3.63) is 70.3 Å². The van der Waals surface area contributed by atoms with E-state index in [0.717, 1.165) is 23.3 Å². The zero-order chi connectivity index (χ0) is 14.0. The molecular weight excluding hydrogens is 246 g/mol. The highest BCUT2D eigenvalue weighted by Gasteiger charge is 2.15. The lowest BCUT2D eigenvalue weighted by Gasteiger charge is -2.05. The number of carbonyl (C=O) groups is 1. The molecule has 2 rings (SSSR count). The monoisotopic (exact) mass is 260 g/mol. The van der Waals surface area contributed by atoms with Crippen LogP contribution in [0.1, 0.15) is 27.0 Å². The quantitative estimate of drug-likeness (QED) is 0.762. The summed E-state index contributed by atoms with van der Waals surface area (Å²) in [6.07, 6.45) is 0.0691. The Hall–Kier alpha value is -2.03. The van der Waals surface area contributed by atoms with E-state index in [1.54, 1.807) is 0 Å². The van der Waals surface area contributed by atoms with E-state index in [1.807, 2.05) is 31.2 Å². The Labute approximate surface area is 110 Å². The predicted molar refractivity (Wildman–Crippen MR) is 70.3 cm³/mol. The molecule has 3 heteroatoms. The summed E-state index contributed by atoms with van der Waals surface area (Å²) in [6.45, 7) is 3.41. The molecule has 2 aromatic rings. The van der Waals surface area contributed by atoms with Crippen molar-refractivity contribution in [1.29, 1.82) is 0 Å². The number of hydrogen-bond acceptors (Lipinski definition) is 1. The number of Topliss-reactive ketones (excluding diaryl/α,β-unsaturated/α-hetero) is 1. The number of rotatable bonds is 3. The maximum absolute atomic E-state index is 13.7. The Morgan fingerprint density at radius 2 is 1.63 bits per heavy atom. The molecule has 0 atom stereocenters. The smallest absolute Gasteiger partial charge is 0.170 e. The van der Waals surface area contributed by atoms with Gasteiger partial charge in [0.05, 0.1) is 5.56 Å². The van der Waals surface area contributed by atoms with Crippen LogP contribution in [-0.4, -0.2) is 5.78 Å². The van der Waals surface area contributed by atoms with Gasteiger partial charge in [-0.05, 0) is 37.1 Å². The molecule has 0 unspecified atom stereocenters. The van der Waals surface area contributed by atoms with Gasteiger partial charge in [-0.3, -0.25) is 4.79 Å². The van der Waals surface area contributed by atoms with Gasteiger partial charge in [0.1, 0.15) is 11.6 Å². The number of halogens is 2. The highest BCUT2D eigenvalue weighted by molar-refractivity contribution is 5.97. The van der Waals surface area contributed by atoms with Gasteiger partial charge in [0.25, 0.3) is 0 Å². The number of aryl methyl sites for hydroxylation is 2. The summed E-state index contributed by atoms with van der Waals surface area (Å²) in [5.41, 5.74) is 1.88. The fraction of sp³-hybridized carbons (Fsp3) is 0.188. The van der Waals surface area contributed by atoms with Crippen LogP contribution in [0, 0.1) is 25.5 Å². The molecule has 0 bridgehead atoms. The first-order valence-corrected chi connectivity index (χ1v) is 6.02. The molecular formula is C16H14F2O. The summed E-state index contributed by atoms with van der Waals surface area (Å²) < 4.78 is 27.1. The van der Waals surface area contributed by atoms with Crippen LogP contribution in [0.25, 0.3) is 0 Å². The maximum Gasteiger partial charge on any atom is 0.170 e. The van der Waals surface area contributed by atoms with Gasteiger partial charge in [0.15, 0.2) is 5.78 Å². The number of carbonyl (C=O) groups excluding carboxylic acids is 1. The van der Waals surface area contributed by atoms with Gasteiger partial charge < -0.3 is 0 Å². The topological polar surface area (TPSA) is 17.1 Å². The van der Waals surface area contributed by atoms with Gasteiger partial charge >= 0.3 is 0 Å². The lowest BCUT2D eigenvalue weighted by molar-refractivity contribution is 0.0988. The lowest BCUT2D eigenvalue weighted by atomic mass is 10.0. The molecule has 0 N–H and O–H groups in total. The van der Waals surface area contributed by atoms with E-state index in [1.165, 1.54) is 6.92 Å². The van der Waals surface area contributed by atoms with Crippen molar-refractivity contribution in [1.82, 2.24) is 0 Å². The Morgan fingerprint density at radius 1 is 1.00 bits per heavy atom. The predicted octanol–water partition coefficient (Wildman–Crippen LogP) is 4.01. The molecule has 0 spiro atoms. The Bertz CT molecular complexity index is 615. The third-order valence-electron chi connectivity index (χ3n) is 3.03. The summed E-state index contributed by atoms with van der Waals surface area (Å²) in [4.78, 5) is 12.0. The van der Waals surface area contributed by atoms with Crippen LogP contribution in [0.5, 0.6) is 0 Å². The van der Waals surface area contributed by atoms with E-state index in [4.69, 9.17) is 0 Å². The largest absolute Gasteiger partial charge is 0.294 e. The fourth-order valence-electron chi connectivity index (χ4n) is 1.85. The van der Waals surface area contributed by atoms with Crippen molar-refractivity contribution in [2.24, 2.45) is 0 Å². The number of ketones is 1. The Balaban J connectivity index is 2.25. The van der Waals surface area contributed by atoms with Gasteiger partial charge in [0, 0.05) is 6.42 Å². The zero-order valence-corrected chi connectivity index (χ0v) is 10.8. The van der Waals surface area contributed by atoms with Crippen LogP contribution in [0.15, 0.2) is 36.4 Å². The van der Waals surface area contributed by atoms with Crippen molar-refractivity contribution >= 4 is 5.78 Å². The second-order valence-electron chi connectivity index (χ2n) is 4.67. The summed E-state index contributed by atoms with van der Waals surface area (Å²) >= 11 is 0. The molecule has 0 amide bonds. The summed E-state index contributed by atoms with van der Waals surface area (Å²) in [7, 11) is 0. The second kappa shape index (κ2) is 5.31. The molecule has 0 heterocycles. The summed E-state index contributed by atoms with van der Waals surface area (Å²) in [5, 5.41) is 0. The molecule has 1 nitrogen and oxygen atoms in total. The summed E-state index contributed by atoms with van der Waals surface area (Å²) in [5.74, 6) is -1.65. The molecule has 0 aliphatic heterocycles. The van der Waals surface area contributed by atoms with Crippen molar-refractivity contribution < 1.29 is 13.6 Å². The molecule has 2 aromatic carbocycles. The Kier molecular flexibility index (Phi) is 3.74. The highest BCUT2D eigenvalue weighted by atomic mass is 19.1. The zero-order valence-electron chi connectivity index (χ0n) is 10.8. The van der Waals surface area contributed by atoms with Gasteiger partial charge in [-0.25, -0.2) is 8.78 Å². The third-order valence-corrected chi connectivity index (χ3v) is 3.03. The molecule has 0 radical (unpaired) electrons. The maximum atomic E-state index is 13.7. The fourth-order valence-corrected chi connectivity index (χ4v) is 1.85. The third kappa shape index (κ3) is 3.05. The van der Waals surface area contributed by atoms with Crippen LogP contribution in [0.2, 0.25) is 0 Å². The highest BCUT2D eigenvalue weighted by Crippen LogP contribution is 2.16. The average molecular weight is 260 g/mol. The van der Waals surface area contributed by atoms with Crippen LogP contribution >= 0.6 is 0 Å². The minimum absolute atomic E-state index is 0.0691. The van der Waals surface area contributed by atoms with Gasteiger partial charge in [-0.15, -0.1) is 0 Å². The van der Waals surface area contributed by atoms with E-state index in [9.17, 15) is 13.6 Å². The van der Waals surface area contributed by atoms with Gasteiger partial charge in [0.2, 0.25) is 0 Å². The van der Waals surface area contributed by atoms with Crippen LogP contribution in [0.4, 0.5) is 8.78 Å². The first-order valence-electron chi connectivity index (χ1n) is 6.02. The molecule has 0 fully saturated rings. The number of hydrogen-bond donors (Lipinski definition) is 0. The summed E-state index contributed by atoms with van der Waals surface area (Å²) in [6, 6.07) is 9.42. The first-order chi connectivity index (χ1) is 8.97. The molecule has 0 aromatic heterocycles. The van der Waals surface area contributed by atoms with E-state index < -0.39 is 17.4 Å². The van der Waals surface area contributed by atoms with E-state index >= 15 is 0 Å². The molecule has 0 aliphatic carbocycles. The molecule has 0 saturated heterocycles. The van der Waals surface area contributed by atoms with E-state index in [-0.39, 0.29) is 17.5 Å². The van der Waals surface area contributed by atoms with Crippen LogP contribution in [-0.2, 0) is 6.42 Å². The lowest BCUT2D eigenvalue weighted by Crippen LogP contribution is -2.07. The van der Waals surface area contributed by atoms with Gasteiger partial charge in [-0.2, -0.15) is 0 Å². The van der Waals surface area contributed by atoms with Crippen LogP contribution < -0.4 is 0 Å². The molecule has 98 valence electrons. The minimum Gasteiger partial charge on any atom is -0.294 e. The van der Waals surface area contributed by atoms with E-state index in [2.05, 4.69) is 0 Å². The van der Waals surface area contributed by atoms with E-state index in [0.29, 0.717) is 0 Å².